The Morgan fingerprint density at radius 1 is 1.53 bits per heavy atom. The molecule has 2 heterocycles. The number of hydrogen-bond acceptors (Lipinski definition) is 6. The van der Waals surface area contributed by atoms with Crippen LogP contribution in [0.4, 0.5) is 0 Å². The molecule has 0 aliphatic carbocycles. The van der Waals surface area contributed by atoms with Gasteiger partial charge in [-0.05, 0) is 0 Å². The summed E-state index contributed by atoms with van der Waals surface area (Å²) in [5.41, 5.74) is 0.329. The van der Waals surface area contributed by atoms with Crippen molar-refractivity contribution in [3.63, 3.8) is 0 Å². The topological polar surface area (TPSA) is 93.1 Å². The van der Waals surface area contributed by atoms with Crippen LogP contribution in [0.3, 0.4) is 0 Å². The van der Waals surface area contributed by atoms with E-state index in [4.69, 9.17) is 9.47 Å². The molecule has 2 aliphatic rings. The normalized spacial score (nSPS) is 25.8. The van der Waals surface area contributed by atoms with Gasteiger partial charge in [0.1, 0.15) is 17.7 Å². The van der Waals surface area contributed by atoms with E-state index in [1.807, 2.05) is 0 Å². The standard InChI is InChI=1S/C11H13NO6S/c1-5(13)18-3-6-4-19-10-8(17-2)9(14)12(10)7(6)11(15)16/h8,10H,3-4H2,1-2H3,(H,15,16)/t8-,10+/m0/s1. The minimum Gasteiger partial charge on any atom is -0.477 e. The van der Waals surface area contributed by atoms with Gasteiger partial charge in [-0.3, -0.25) is 14.5 Å². The molecule has 2 atom stereocenters. The lowest BCUT2D eigenvalue weighted by Crippen LogP contribution is -2.65. The molecule has 1 fully saturated rings. The van der Waals surface area contributed by atoms with Gasteiger partial charge in [0.2, 0.25) is 0 Å². The quantitative estimate of drug-likeness (QED) is 0.566. The molecule has 7 nitrogen and oxygen atoms in total. The number of esters is 1. The summed E-state index contributed by atoms with van der Waals surface area (Å²) in [6.07, 6.45) is -0.602. The van der Waals surface area contributed by atoms with Crippen molar-refractivity contribution in [3.8, 4) is 0 Å². The maximum atomic E-state index is 11.8. The van der Waals surface area contributed by atoms with Gasteiger partial charge >= 0.3 is 11.9 Å². The fourth-order valence-electron chi connectivity index (χ4n) is 2.03. The second-order valence-electron chi connectivity index (χ2n) is 4.10. The third-order valence-corrected chi connectivity index (χ3v) is 4.22. The minimum atomic E-state index is -1.20. The van der Waals surface area contributed by atoms with Crippen molar-refractivity contribution in [2.75, 3.05) is 19.5 Å². The van der Waals surface area contributed by atoms with E-state index in [-0.39, 0.29) is 23.6 Å². The Morgan fingerprint density at radius 3 is 2.74 bits per heavy atom. The zero-order valence-electron chi connectivity index (χ0n) is 10.4. The van der Waals surface area contributed by atoms with Crippen LogP contribution in [0.25, 0.3) is 0 Å². The highest BCUT2D eigenvalue weighted by molar-refractivity contribution is 8.00. The number of thioether (sulfide) groups is 1. The molecule has 0 aromatic carbocycles. The average molecular weight is 287 g/mol. The molecular weight excluding hydrogens is 274 g/mol. The Bertz CT molecular complexity index is 474. The first-order chi connectivity index (χ1) is 8.97. The zero-order chi connectivity index (χ0) is 14.2. The van der Waals surface area contributed by atoms with Gasteiger partial charge in [-0.25, -0.2) is 4.79 Å². The summed E-state index contributed by atoms with van der Waals surface area (Å²) in [4.78, 5) is 35.1. The number of carbonyl (C=O) groups excluding carboxylic acids is 2. The van der Waals surface area contributed by atoms with Gasteiger partial charge in [-0.1, -0.05) is 0 Å². The highest BCUT2D eigenvalue weighted by Crippen LogP contribution is 2.41. The molecule has 0 spiro atoms. The van der Waals surface area contributed by atoms with Crippen molar-refractivity contribution in [1.29, 1.82) is 0 Å². The number of carboxylic acid groups (broad SMARTS) is 1. The Labute approximate surface area is 113 Å². The number of ether oxygens (including phenoxy) is 2. The van der Waals surface area contributed by atoms with Gasteiger partial charge < -0.3 is 14.6 Å². The van der Waals surface area contributed by atoms with E-state index >= 15 is 0 Å². The van der Waals surface area contributed by atoms with E-state index in [0.29, 0.717) is 11.3 Å². The van der Waals surface area contributed by atoms with Crippen LogP contribution in [0, 0.1) is 0 Å². The van der Waals surface area contributed by atoms with Gasteiger partial charge in [0.15, 0.2) is 6.10 Å². The number of β-lactam (4-membered cyclic amide) rings is 1. The van der Waals surface area contributed by atoms with E-state index in [0.717, 1.165) is 0 Å². The van der Waals surface area contributed by atoms with Crippen molar-refractivity contribution in [2.45, 2.75) is 18.4 Å². The van der Waals surface area contributed by atoms with Gasteiger partial charge in [0, 0.05) is 25.4 Å². The lowest BCUT2D eigenvalue weighted by molar-refractivity contribution is -0.162. The third kappa shape index (κ3) is 2.33. The molecule has 0 aromatic heterocycles. The highest BCUT2D eigenvalue weighted by Gasteiger charge is 2.54. The summed E-state index contributed by atoms with van der Waals surface area (Å²) in [5.74, 6) is -1.68. The van der Waals surface area contributed by atoms with Crippen molar-refractivity contribution in [1.82, 2.24) is 4.90 Å². The number of fused-ring (bicyclic) bond motifs is 1. The molecular formula is C11H13NO6S. The highest BCUT2D eigenvalue weighted by atomic mass is 32.2. The van der Waals surface area contributed by atoms with Crippen LogP contribution in [0.5, 0.6) is 0 Å². The molecule has 1 N–H and O–H groups in total. The summed E-state index contributed by atoms with van der Waals surface area (Å²) in [6.45, 7) is 1.13. The van der Waals surface area contributed by atoms with Crippen molar-refractivity contribution in [2.24, 2.45) is 0 Å². The number of carbonyl (C=O) groups is 3. The zero-order valence-corrected chi connectivity index (χ0v) is 11.2. The second-order valence-corrected chi connectivity index (χ2v) is 5.21. The Balaban J connectivity index is 2.25. The number of aliphatic carboxylic acids is 1. The smallest absolute Gasteiger partial charge is 0.352 e. The van der Waals surface area contributed by atoms with Gasteiger partial charge in [-0.15, -0.1) is 11.8 Å². The number of methoxy groups -OCH3 is 1. The first kappa shape index (κ1) is 13.9. The molecule has 0 saturated carbocycles. The summed E-state index contributed by atoms with van der Waals surface area (Å²) in [7, 11) is 1.42. The summed E-state index contributed by atoms with van der Waals surface area (Å²) in [5, 5.41) is 8.92. The number of rotatable bonds is 4. The molecule has 1 amide bonds. The van der Waals surface area contributed by atoms with Crippen LogP contribution in [0.1, 0.15) is 6.92 Å². The SMILES string of the molecule is CO[C@H]1C(=O)N2C(C(=O)O)=C(COC(C)=O)CS[C@H]12. The van der Waals surface area contributed by atoms with Crippen LogP contribution in [-0.4, -0.2) is 58.8 Å². The Kier molecular flexibility index (Phi) is 3.81. The molecule has 2 rings (SSSR count). The molecule has 0 radical (unpaired) electrons. The second kappa shape index (κ2) is 5.22. The summed E-state index contributed by atoms with van der Waals surface area (Å²) in [6, 6.07) is 0. The molecule has 104 valence electrons. The number of hydrogen-bond donors (Lipinski definition) is 1. The van der Waals surface area contributed by atoms with Crippen molar-refractivity contribution in [3.05, 3.63) is 11.3 Å². The number of carboxylic acids is 1. The molecule has 0 bridgehead atoms. The van der Waals surface area contributed by atoms with E-state index in [1.54, 1.807) is 0 Å². The van der Waals surface area contributed by atoms with Gasteiger partial charge in [0.05, 0.1) is 0 Å². The van der Waals surface area contributed by atoms with E-state index < -0.39 is 18.0 Å². The molecule has 2 aliphatic heterocycles. The van der Waals surface area contributed by atoms with E-state index in [9.17, 15) is 19.5 Å². The lowest BCUT2D eigenvalue weighted by atomic mass is 10.1. The fourth-order valence-corrected chi connectivity index (χ4v) is 3.38. The predicted octanol–water partition coefficient (Wildman–Crippen LogP) is -0.182. The van der Waals surface area contributed by atoms with Crippen molar-refractivity contribution < 1.29 is 29.0 Å². The molecule has 0 aromatic rings. The first-order valence-corrected chi connectivity index (χ1v) is 6.58. The van der Waals surface area contributed by atoms with Crippen molar-refractivity contribution >= 4 is 29.6 Å². The van der Waals surface area contributed by atoms with Gasteiger partial charge in [-0.2, -0.15) is 0 Å². The van der Waals surface area contributed by atoms with Crippen LogP contribution in [0.15, 0.2) is 11.3 Å². The third-order valence-electron chi connectivity index (χ3n) is 2.90. The first-order valence-electron chi connectivity index (χ1n) is 5.53. The molecule has 8 heteroatoms. The summed E-state index contributed by atoms with van der Waals surface area (Å²) >= 11 is 1.40. The largest absolute Gasteiger partial charge is 0.477 e. The maximum absolute atomic E-state index is 11.8. The maximum Gasteiger partial charge on any atom is 0.352 e. The van der Waals surface area contributed by atoms with Crippen LogP contribution in [0.2, 0.25) is 0 Å². The van der Waals surface area contributed by atoms with Crippen LogP contribution < -0.4 is 0 Å². The van der Waals surface area contributed by atoms with Crippen LogP contribution >= 0.6 is 11.8 Å². The van der Waals surface area contributed by atoms with E-state index in [1.165, 1.54) is 30.7 Å². The lowest BCUT2D eigenvalue weighted by Gasteiger charge is -2.48. The summed E-state index contributed by atoms with van der Waals surface area (Å²) < 4.78 is 9.83. The molecule has 0 unspecified atom stereocenters. The molecule has 1 saturated heterocycles. The van der Waals surface area contributed by atoms with Gasteiger partial charge in [0.25, 0.3) is 5.91 Å². The minimum absolute atomic E-state index is 0.0942. The monoisotopic (exact) mass is 287 g/mol. The molecule has 19 heavy (non-hydrogen) atoms. The predicted molar refractivity (Wildman–Crippen MR) is 65.2 cm³/mol. The Morgan fingerprint density at radius 2 is 2.21 bits per heavy atom. The average Bonchev–Trinajstić information content (AvgIpc) is 2.35. The van der Waals surface area contributed by atoms with Crippen LogP contribution in [-0.2, 0) is 23.9 Å². The van der Waals surface area contributed by atoms with E-state index in [2.05, 4.69) is 0 Å². The fraction of sp³-hybridized carbons (Fsp3) is 0.545. The Hall–Kier alpha value is -1.54. The number of amides is 1. The number of nitrogens with zero attached hydrogens (tertiary/aromatic N) is 1.